The van der Waals surface area contributed by atoms with Crippen molar-refractivity contribution < 1.29 is 4.79 Å². The van der Waals surface area contributed by atoms with E-state index in [-0.39, 0.29) is 5.91 Å². The van der Waals surface area contributed by atoms with Gasteiger partial charge in [0.25, 0.3) is 5.91 Å². The number of amides is 1. The molecule has 0 atom stereocenters. The van der Waals surface area contributed by atoms with Crippen LogP contribution < -0.4 is 5.32 Å². The summed E-state index contributed by atoms with van der Waals surface area (Å²) < 4.78 is 1.00. The molecule has 1 N–H and O–H groups in total. The number of nitrogens with one attached hydrogen (secondary N) is 1. The van der Waals surface area contributed by atoms with E-state index in [0.717, 1.165) is 15.7 Å². The van der Waals surface area contributed by atoms with Crippen LogP contribution >= 0.6 is 27.3 Å². The van der Waals surface area contributed by atoms with Crippen LogP contribution in [0.25, 0.3) is 10.7 Å². The third-order valence-electron chi connectivity index (χ3n) is 2.93. The number of hydrogen-bond donors (Lipinski definition) is 1. The Kier molecular flexibility index (Phi) is 4.26. The van der Waals surface area contributed by atoms with E-state index in [0.29, 0.717) is 16.4 Å². The van der Waals surface area contributed by atoms with Crippen molar-refractivity contribution in [3.8, 4) is 10.7 Å². The lowest BCUT2D eigenvalue weighted by atomic mass is 10.2. The van der Waals surface area contributed by atoms with E-state index in [1.54, 1.807) is 24.0 Å². The number of rotatable bonds is 3. The molecule has 110 valence electrons. The average molecular weight is 375 g/mol. The maximum absolute atomic E-state index is 12.2. The first-order valence-corrected chi connectivity index (χ1v) is 8.10. The van der Waals surface area contributed by atoms with Gasteiger partial charge in [0.05, 0.1) is 6.20 Å². The molecule has 1 aromatic carbocycles. The topological polar surface area (TPSA) is 67.8 Å². The van der Waals surface area contributed by atoms with Crippen LogP contribution in [-0.4, -0.2) is 20.9 Å². The third kappa shape index (κ3) is 3.20. The normalized spacial score (nSPS) is 10.5. The van der Waals surface area contributed by atoms with Crippen LogP contribution in [0, 0.1) is 6.92 Å². The maximum atomic E-state index is 12.2. The van der Waals surface area contributed by atoms with Crippen LogP contribution in [0.3, 0.4) is 0 Å². The number of carbonyl (C=O) groups is 1. The van der Waals surface area contributed by atoms with E-state index in [4.69, 9.17) is 0 Å². The highest BCUT2D eigenvalue weighted by molar-refractivity contribution is 9.10. The lowest BCUT2D eigenvalue weighted by Gasteiger charge is -2.05. The zero-order valence-corrected chi connectivity index (χ0v) is 14.0. The molecule has 7 heteroatoms. The highest BCUT2D eigenvalue weighted by Gasteiger charge is 2.13. The number of aromatic nitrogens is 3. The molecule has 2 aromatic heterocycles. The molecule has 0 unspecified atom stereocenters. The lowest BCUT2D eigenvalue weighted by Crippen LogP contribution is -2.12. The van der Waals surface area contributed by atoms with Crippen molar-refractivity contribution in [3.63, 3.8) is 0 Å². The first kappa shape index (κ1) is 14.8. The Morgan fingerprint density at radius 2 is 2.18 bits per heavy atom. The van der Waals surface area contributed by atoms with Crippen LogP contribution in [0.4, 0.5) is 5.69 Å². The van der Waals surface area contributed by atoms with Crippen molar-refractivity contribution in [1.29, 1.82) is 0 Å². The molecule has 0 aliphatic rings. The van der Waals surface area contributed by atoms with E-state index >= 15 is 0 Å². The van der Waals surface area contributed by atoms with Crippen LogP contribution in [-0.2, 0) is 0 Å². The smallest absolute Gasteiger partial charge is 0.275 e. The number of nitrogens with zero attached hydrogens (tertiary/aromatic N) is 3. The van der Waals surface area contributed by atoms with Gasteiger partial charge in [0.15, 0.2) is 0 Å². The van der Waals surface area contributed by atoms with Gasteiger partial charge in [-0.1, -0.05) is 15.9 Å². The second-order valence-corrected chi connectivity index (χ2v) is 6.26. The van der Waals surface area contributed by atoms with Gasteiger partial charge in [-0.3, -0.25) is 14.8 Å². The number of carbonyl (C=O) groups excluding carboxylic acids is 1. The SMILES string of the molecule is Cc1cc(NC(=O)c2csc(-c3cnccn3)n2)ccc1Br. The van der Waals surface area contributed by atoms with Crippen molar-refractivity contribution in [3.05, 3.63) is 57.9 Å². The summed E-state index contributed by atoms with van der Waals surface area (Å²) in [6.07, 6.45) is 4.82. The summed E-state index contributed by atoms with van der Waals surface area (Å²) in [5.74, 6) is -0.242. The molecule has 0 fully saturated rings. The van der Waals surface area contributed by atoms with E-state index in [9.17, 15) is 4.79 Å². The Balaban J connectivity index is 1.78. The Labute approximate surface area is 139 Å². The molecule has 3 rings (SSSR count). The molecule has 2 heterocycles. The number of aryl methyl sites for hydroxylation is 1. The van der Waals surface area contributed by atoms with Gasteiger partial charge >= 0.3 is 0 Å². The maximum Gasteiger partial charge on any atom is 0.275 e. The Hall–Kier alpha value is -2.12. The Bertz CT molecular complexity index is 819. The van der Waals surface area contributed by atoms with Gasteiger partial charge in [-0.2, -0.15) is 0 Å². The molecule has 5 nitrogen and oxygen atoms in total. The van der Waals surface area contributed by atoms with Gasteiger partial charge in [0.1, 0.15) is 16.4 Å². The highest BCUT2D eigenvalue weighted by atomic mass is 79.9. The van der Waals surface area contributed by atoms with Crippen molar-refractivity contribution in [1.82, 2.24) is 15.0 Å². The number of hydrogen-bond acceptors (Lipinski definition) is 5. The molecule has 0 saturated carbocycles. The monoisotopic (exact) mass is 374 g/mol. The van der Waals surface area contributed by atoms with Crippen LogP contribution in [0.15, 0.2) is 46.6 Å². The standard InChI is InChI=1S/C15H11BrN4OS/c1-9-6-10(2-3-11(9)16)19-14(21)13-8-22-15(20-13)12-7-17-4-5-18-12/h2-8H,1H3,(H,19,21). The second kappa shape index (κ2) is 6.33. The molecule has 0 aliphatic heterocycles. The van der Waals surface area contributed by atoms with Gasteiger partial charge in [0, 0.05) is 27.9 Å². The zero-order chi connectivity index (χ0) is 15.5. The Morgan fingerprint density at radius 1 is 1.32 bits per heavy atom. The number of thiazole rings is 1. The molecule has 0 saturated heterocycles. The fraction of sp³-hybridized carbons (Fsp3) is 0.0667. The van der Waals surface area contributed by atoms with Crippen LogP contribution in [0.1, 0.15) is 16.1 Å². The summed E-state index contributed by atoms with van der Waals surface area (Å²) in [4.78, 5) is 24.7. The van der Waals surface area contributed by atoms with Gasteiger partial charge in [-0.05, 0) is 30.7 Å². The predicted molar refractivity (Wildman–Crippen MR) is 90.0 cm³/mol. The summed E-state index contributed by atoms with van der Waals surface area (Å²) in [5.41, 5.74) is 2.81. The molecule has 22 heavy (non-hydrogen) atoms. The zero-order valence-electron chi connectivity index (χ0n) is 11.6. The summed E-state index contributed by atoms with van der Waals surface area (Å²) in [6.45, 7) is 1.97. The van der Waals surface area contributed by atoms with E-state index in [1.807, 2.05) is 25.1 Å². The molecule has 0 radical (unpaired) electrons. The first-order chi connectivity index (χ1) is 10.6. The van der Waals surface area contributed by atoms with E-state index in [1.165, 1.54) is 11.3 Å². The second-order valence-electron chi connectivity index (χ2n) is 4.55. The van der Waals surface area contributed by atoms with E-state index in [2.05, 4.69) is 36.2 Å². The highest BCUT2D eigenvalue weighted by Crippen LogP contribution is 2.23. The van der Waals surface area contributed by atoms with Crippen LogP contribution in [0.2, 0.25) is 0 Å². The molecule has 0 spiro atoms. The molecular formula is C15H11BrN4OS. The van der Waals surface area contributed by atoms with Gasteiger partial charge in [-0.25, -0.2) is 4.98 Å². The largest absolute Gasteiger partial charge is 0.321 e. The van der Waals surface area contributed by atoms with Crippen molar-refractivity contribution in [2.45, 2.75) is 6.92 Å². The fourth-order valence-corrected chi connectivity index (χ4v) is 2.83. The number of benzene rings is 1. The first-order valence-electron chi connectivity index (χ1n) is 6.43. The summed E-state index contributed by atoms with van der Waals surface area (Å²) in [5, 5.41) is 5.22. The summed E-state index contributed by atoms with van der Waals surface area (Å²) in [6, 6.07) is 5.64. The molecule has 1 amide bonds. The van der Waals surface area contributed by atoms with Crippen molar-refractivity contribution >= 4 is 38.9 Å². The molecular weight excluding hydrogens is 364 g/mol. The quantitative estimate of drug-likeness (QED) is 0.754. The van der Waals surface area contributed by atoms with Crippen LogP contribution in [0.5, 0.6) is 0 Å². The summed E-state index contributed by atoms with van der Waals surface area (Å²) >= 11 is 4.80. The molecule has 3 aromatic rings. The fourth-order valence-electron chi connectivity index (χ4n) is 1.82. The van der Waals surface area contributed by atoms with Gasteiger partial charge in [-0.15, -0.1) is 11.3 Å². The average Bonchev–Trinajstić information content (AvgIpc) is 3.02. The van der Waals surface area contributed by atoms with Gasteiger partial charge < -0.3 is 5.32 Å². The minimum absolute atomic E-state index is 0.242. The molecule has 0 bridgehead atoms. The van der Waals surface area contributed by atoms with Gasteiger partial charge in [0.2, 0.25) is 0 Å². The minimum Gasteiger partial charge on any atom is -0.321 e. The van der Waals surface area contributed by atoms with E-state index < -0.39 is 0 Å². The minimum atomic E-state index is -0.242. The summed E-state index contributed by atoms with van der Waals surface area (Å²) in [7, 11) is 0. The van der Waals surface area contributed by atoms with Crippen molar-refractivity contribution in [2.24, 2.45) is 0 Å². The molecule has 0 aliphatic carbocycles. The number of anilines is 1. The lowest BCUT2D eigenvalue weighted by molar-refractivity contribution is 0.102. The van der Waals surface area contributed by atoms with Crippen molar-refractivity contribution in [2.75, 3.05) is 5.32 Å². The number of halogens is 1. The Morgan fingerprint density at radius 3 is 2.91 bits per heavy atom. The predicted octanol–water partition coefficient (Wildman–Crippen LogP) is 3.92. The third-order valence-corrected chi connectivity index (χ3v) is 4.69.